The maximum Gasteiger partial charge on any atom is 0.109 e. The smallest absolute Gasteiger partial charge is 0.109 e. The van der Waals surface area contributed by atoms with Gasteiger partial charge < -0.3 is 0 Å². The molecule has 0 spiro atoms. The van der Waals surface area contributed by atoms with Crippen LogP contribution >= 0.6 is 11.6 Å². The lowest BCUT2D eigenvalue weighted by molar-refractivity contribution is 0.386. The molecule has 2 heteroatoms. The Kier molecular flexibility index (Phi) is 3.56. The van der Waals surface area contributed by atoms with Crippen LogP contribution in [-0.4, -0.2) is 0 Å². The Bertz CT molecular complexity index is 386. The van der Waals surface area contributed by atoms with Crippen molar-refractivity contribution in [2.75, 3.05) is 0 Å². The molecule has 0 nitrogen and oxygen atoms in total. The molecule has 0 aliphatic carbocycles. The molecule has 0 bridgehead atoms. The molecular formula is C13H16ClF. The molecule has 0 unspecified atom stereocenters. The second kappa shape index (κ2) is 4.36. The third-order valence-electron chi connectivity index (χ3n) is 2.25. The molecule has 0 amide bonds. The van der Waals surface area contributed by atoms with Crippen LogP contribution < -0.4 is 0 Å². The van der Waals surface area contributed by atoms with E-state index in [4.69, 9.17) is 11.6 Å². The van der Waals surface area contributed by atoms with Crippen molar-refractivity contribution < 1.29 is 4.39 Å². The van der Waals surface area contributed by atoms with E-state index in [1.54, 1.807) is 19.1 Å². The molecule has 0 N–H and O–H groups in total. The van der Waals surface area contributed by atoms with Gasteiger partial charge in [0.15, 0.2) is 0 Å². The highest BCUT2D eigenvalue weighted by Crippen LogP contribution is 2.33. The number of benzene rings is 1. The molecule has 0 aromatic heterocycles. The Labute approximate surface area is 95.8 Å². The van der Waals surface area contributed by atoms with Gasteiger partial charge in [0.05, 0.1) is 0 Å². The summed E-state index contributed by atoms with van der Waals surface area (Å²) in [6, 6.07) is 7.26. The van der Waals surface area contributed by atoms with E-state index >= 15 is 0 Å². The fraction of sp³-hybridized carbons (Fsp3) is 0.385. The normalized spacial score (nSPS) is 13.7. The molecule has 0 aliphatic heterocycles. The SMILES string of the molecule is C/C(=C(/F)C(C)(C)C)c1cccc(Cl)c1. The number of hydrogen-bond donors (Lipinski definition) is 0. The van der Waals surface area contributed by atoms with Gasteiger partial charge >= 0.3 is 0 Å². The summed E-state index contributed by atoms with van der Waals surface area (Å²) < 4.78 is 14.0. The van der Waals surface area contributed by atoms with Crippen molar-refractivity contribution in [2.45, 2.75) is 27.7 Å². The highest BCUT2D eigenvalue weighted by atomic mass is 35.5. The molecule has 1 aromatic carbocycles. The van der Waals surface area contributed by atoms with Gasteiger partial charge in [0.1, 0.15) is 5.83 Å². The van der Waals surface area contributed by atoms with E-state index in [0.29, 0.717) is 10.6 Å². The van der Waals surface area contributed by atoms with E-state index < -0.39 is 5.41 Å². The maximum atomic E-state index is 14.0. The van der Waals surface area contributed by atoms with Crippen LogP contribution in [-0.2, 0) is 0 Å². The van der Waals surface area contributed by atoms with Crippen LogP contribution in [0.3, 0.4) is 0 Å². The van der Waals surface area contributed by atoms with Gasteiger partial charge in [-0.2, -0.15) is 0 Å². The van der Waals surface area contributed by atoms with Crippen LogP contribution in [0.1, 0.15) is 33.3 Å². The molecule has 0 heterocycles. The van der Waals surface area contributed by atoms with Crippen molar-refractivity contribution >= 4 is 17.2 Å². The summed E-state index contributed by atoms with van der Waals surface area (Å²) in [4.78, 5) is 0. The Hall–Kier alpha value is -0.820. The first kappa shape index (κ1) is 12.3. The largest absolute Gasteiger partial charge is 0.211 e. The van der Waals surface area contributed by atoms with Crippen LogP contribution in [0.4, 0.5) is 4.39 Å². The van der Waals surface area contributed by atoms with Crippen molar-refractivity contribution in [3.63, 3.8) is 0 Å². The van der Waals surface area contributed by atoms with Crippen LogP contribution in [0.5, 0.6) is 0 Å². The van der Waals surface area contributed by atoms with Crippen molar-refractivity contribution in [1.29, 1.82) is 0 Å². The lowest BCUT2D eigenvalue weighted by Crippen LogP contribution is -2.07. The third-order valence-corrected chi connectivity index (χ3v) is 2.48. The van der Waals surface area contributed by atoms with Crippen molar-refractivity contribution in [2.24, 2.45) is 5.41 Å². The van der Waals surface area contributed by atoms with Gasteiger partial charge in [0.2, 0.25) is 0 Å². The monoisotopic (exact) mass is 226 g/mol. The summed E-state index contributed by atoms with van der Waals surface area (Å²) >= 11 is 5.86. The minimum atomic E-state index is -0.452. The van der Waals surface area contributed by atoms with Gasteiger partial charge in [-0.05, 0) is 30.2 Å². The summed E-state index contributed by atoms with van der Waals surface area (Å²) in [5.41, 5.74) is 1.05. The second-order valence-electron chi connectivity index (χ2n) is 4.70. The molecule has 1 aromatic rings. The first-order chi connectivity index (χ1) is 6.82. The number of halogens is 2. The fourth-order valence-corrected chi connectivity index (χ4v) is 1.60. The second-order valence-corrected chi connectivity index (χ2v) is 5.14. The van der Waals surface area contributed by atoms with Crippen molar-refractivity contribution in [3.05, 3.63) is 40.7 Å². The Morgan fingerprint density at radius 1 is 1.27 bits per heavy atom. The van der Waals surface area contributed by atoms with Gasteiger partial charge in [-0.25, -0.2) is 4.39 Å². The van der Waals surface area contributed by atoms with E-state index in [2.05, 4.69) is 0 Å². The van der Waals surface area contributed by atoms with Crippen LogP contribution in [0, 0.1) is 5.41 Å². The molecular weight excluding hydrogens is 211 g/mol. The molecule has 0 radical (unpaired) electrons. The minimum absolute atomic E-state index is 0.0928. The molecule has 0 saturated heterocycles. The number of allylic oxidation sites excluding steroid dienone is 2. The lowest BCUT2D eigenvalue weighted by Gasteiger charge is -2.18. The first-order valence-electron chi connectivity index (χ1n) is 4.95. The molecule has 82 valence electrons. The highest BCUT2D eigenvalue weighted by molar-refractivity contribution is 6.30. The quantitative estimate of drug-likeness (QED) is 0.626. The molecule has 0 atom stereocenters. The van der Waals surface area contributed by atoms with Crippen LogP contribution in [0.2, 0.25) is 5.02 Å². The summed E-state index contributed by atoms with van der Waals surface area (Å²) in [5, 5.41) is 0.633. The van der Waals surface area contributed by atoms with Crippen molar-refractivity contribution in [3.8, 4) is 0 Å². The Morgan fingerprint density at radius 2 is 1.87 bits per heavy atom. The van der Waals surface area contributed by atoms with Crippen LogP contribution in [0.25, 0.3) is 5.57 Å². The maximum absolute atomic E-state index is 14.0. The summed E-state index contributed by atoms with van der Waals surface area (Å²) in [6.07, 6.45) is 0. The number of hydrogen-bond acceptors (Lipinski definition) is 0. The van der Waals surface area contributed by atoms with E-state index in [1.165, 1.54) is 0 Å². The molecule has 0 aliphatic rings. The Morgan fingerprint density at radius 3 is 2.33 bits per heavy atom. The number of rotatable bonds is 1. The van der Waals surface area contributed by atoms with Gasteiger partial charge in [-0.15, -0.1) is 0 Å². The Balaban J connectivity index is 3.19. The standard InChI is InChI=1S/C13H16ClF/c1-9(12(15)13(2,3)4)10-6-5-7-11(14)8-10/h5-8H,1-4H3/b12-9-. The van der Waals surface area contributed by atoms with Gasteiger partial charge in [-0.1, -0.05) is 44.5 Å². The predicted octanol–water partition coefficient (Wildman–Crippen LogP) is 5.09. The molecule has 0 saturated carbocycles. The third kappa shape index (κ3) is 3.07. The summed E-state index contributed by atoms with van der Waals surface area (Å²) in [5.74, 6) is -0.0928. The highest BCUT2D eigenvalue weighted by Gasteiger charge is 2.20. The zero-order valence-corrected chi connectivity index (χ0v) is 10.3. The van der Waals surface area contributed by atoms with Crippen molar-refractivity contribution in [1.82, 2.24) is 0 Å². The van der Waals surface area contributed by atoms with Gasteiger partial charge in [-0.3, -0.25) is 0 Å². The lowest BCUT2D eigenvalue weighted by atomic mass is 9.90. The van der Waals surface area contributed by atoms with E-state index in [0.717, 1.165) is 5.56 Å². The summed E-state index contributed by atoms with van der Waals surface area (Å²) in [7, 11) is 0. The average Bonchev–Trinajstić information content (AvgIpc) is 2.14. The molecule has 1 rings (SSSR count). The van der Waals surface area contributed by atoms with Gasteiger partial charge in [0, 0.05) is 10.4 Å². The zero-order valence-electron chi connectivity index (χ0n) is 9.57. The van der Waals surface area contributed by atoms with E-state index in [9.17, 15) is 4.39 Å². The van der Waals surface area contributed by atoms with Crippen LogP contribution in [0.15, 0.2) is 30.1 Å². The van der Waals surface area contributed by atoms with Gasteiger partial charge in [0.25, 0.3) is 0 Å². The first-order valence-corrected chi connectivity index (χ1v) is 5.33. The summed E-state index contributed by atoms with van der Waals surface area (Å²) in [6.45, 7) is 7.36. The molecule has 0 fully saturated rings. The average molecular weight is 227 g/mol. The zero-order chi connectivity index (χ0) is 11.6. The van der Waals surface area contributed by atoms with E-state index in [-0.39, 0.29) is 5.83 Å². The topological polar surface area (TPSA) is 0 Å². The predicted molar refractivity (Wildman–Crippen MR) is 64.6 cm³/mol. The minimum Gasteiger partial charge on any atom is -0.211 e. The van der Waals surface area contributed by atoms with E-state index in [1.807, 2.05) is 32.9 Å². The molecule has 15 heavy (non-hydrogen) atoms. The fourth-order valence-electron chi connectivity index (χ4n) is 1.41.